The number of methoxy groups -OCH3 is 1. The summed E-state index contributed by atoms with van der Waals surface area (Å²) in [5, 5.41) is 3.37. The molecule has 1 N–H and O–H groups in total. The summed E-state index contributed by atoms with van der Waals surface area (Å²) in [6, 6.07) is 4.34. The van der Waals surface area contributed by atoms with Crippen LogP contribution in [0.5, 0.6) is 0 Å². The average Bonchev–Trinajstić information content (AvgIpc) is 2.40. The second-order valence-corrected chi connectivity index (χ2v) is 5.59. The van der Waals surface area contributed by atoms with Crippen LogP contribution in [0.2, 0.25) is 0 Å². The molecule has 114 valence electrons. The Labute approximate surface area is 123 Å². The van der Waals surface area contributed by atoms with Crippen LogP contribution in [0, 0.1) is 12.8 Å². The standard InChI is InChI=1S/C16H29N3O/c1-6-17-11-15-9-14(4)18-16(10-15)19(7-8-20-5)12-13(2)3/h9-10,13,17H,6-8,11-12H2,1-5H3. The third kappa shape index (κ3) is 5.88. The van der Waals surface area contributed by atoms with Crippen LogP contribution in [0.15, 0.2) is 12.1 Å². The van der Waals surface area contributed by atoms with E-state index in [0.29, 0.717) is 5.92 Å². The van der Waals surface area contributed by atoms with Crippen LogP contribution in [0.3, 0.4) is 0 Å². The molecule has 1 aromatic heterocycles. The second-order valence-electron chi connectivity index (χ2n) is 5.59. The van der Waals surface area contributed by atoms with Gasteiger partial charge in [0.2, 0.25) is 0 Å². The second kappa shape index (κ2) is 8.93. The van der Waals surface area contributed by atoms with Crippen LogP contribution >= 0.6 is 0 Å². The first-order chi connectivity index (χ1) is 9.56. The van der Waals surface area contributed by atoms with E-state index in [1.807, 2.05) is 0 Å². The Morgan fingerprint density at radius 2 is 2.10 bits per heavy atom. The van der Waals surface area contributed by atoms with Gasteiger partial charge in [-0.3, -0.25) is 0 Å². The summed E-state index contributed by atoms with van der Waals surface area (Å²) in [7, 11) is 1.74. The number of anilines is 1. The molecule has 4 nitrogen and oxygen atoms in total. The largest absolute Gasteiger partial charge is 0.383 e. The molecule has 1 rings (SSSR count). The SMILES string of the molecule is CCNCc1cc(C)nc(N(CCOC)CC(C)C)c1. The van der Waals surface area contributed by atoms with Crippen LogP contribution in [0.1, 0.15) is 32.0 Å². The van der Waals surface area contributed by atoms with Crippen molar-refractivity contribution in [1.82, 2.24) is 10.3 Å². The van der Waals surface area contributed by atoms with Gasteiger partial charge in [-0.05, 0) is 37.1 Å². The summed E-state index contributed by atoms with van der Waals surface area (Å²) >= 11 is 0. The van der Waals surface area contributed by atoms with E-state index in [0.717, 1.165) is 44.3 Å². The molecule has 20 heavy (non-hydrogen) atoms. The van der Waals surface area contributed by atoms with E-state index in [1.165, 1.54) is 5.56 Å². The molecule has 0 amide bonds. The number of nitrogens with zero attached hydrogens (tertiary/aromatic N) is 2. The van der Waals surface area contributed by atoms with E-state index in [1.54, 1.807) is 7.11 Å². The van der Waals surface area contributed by atoms with Crippen molar-refractivity contribution in [3.05, 3.63) is 23.4 Å². The average molecular weight is 279 g/mol. The van der Waals surface area contributed by atoms with Crippen LogP contribution in [0.25, 0.3) is 0 Å². The van der Waals surface area contributed by atoms with E-state index in [2.05, 4.69) is 50.0 Å². The summed E-state index contributed by atoms with van der Waals surface area (Å²) in [6.07, 6.45) is 0. The van der Waals surface area contributed by atoms with Gasteiger partial charge in [-0.1, -0.05) is 20.8 Å². The number of rotatable bonds is 9. The fourth-order valence-electron chi connectivity index (χ4n) is 2.20. The van der Waals surface area contributed by atoms with E-state index in [4.69, 9.17) is 9.72 Å². The highest BCUT2D eigenvalue weighted by Crippen LogP contribution is 2.16. The summed E-state index contributed by atoms with van der Waals surface area (Å²) in [6.45, 7) is 13.1. The first-order valence-corrected chi connectivity index (χ1v) is 7.49. The van der Waals surface area contributed by atoms with Gasteiger partial charge in [0, 0.05) is 32.4 Å². The maximum Gasteiger partial charge on any atom is 0.129 e. The molecule has 0 aliphatic heterocycles. The van der Waals surface area contributed by atoms with Gasteiger partial charge in [-0.15, -0.1) is 0 Å². The lowest BCUT2D eigenvalue weighted by Gasteiger charge is -2.26. The van der Waals surface area contributed by atoms with Crippen LogP contribution < -0.4 is 10.2 Å². The van der Waals surface area contributed by atoms with E-state index in [9.17, 15) is 0 Å². The summed E-state index contributed by atoms with van der Waals surface area (Å²) in [5.74, 6) is 1.66. The minimum absolute atomic E-state index is 0.603. The lowest BCUT2D eigenvalue weighted by molar-refractivity contribution is 0.204. The topological polar surface area (TPSA) is 37.4 Å². The number of hydrogen-bond donors (Lipinski definition) is 1. The molecule has 0 saturated carbocycles. The molecule has 1 heterocycles. The monoisotopic (exact) mass is 279 g/mol. The van der Waals surface area contributed by atoms with Crippen molar-refractivity contribution in [1.29, 1.82) is 0 Å². The fourth-order valence-corrected chi connectivity index (χ4v) is 2.20. The van der Waals surface area contributed by atoms with Crippen molar-refractivity contribution in [2.24, 2.45) is 5.92 Å². The molecule has 0 atom stereocenters. The molecule has 1 aromatic rings. The highest BCUT2D eigenvalue weighted by molar-refractivity contribution is 5.42. The summed E-state index contributed by atoms with van der Waals surface area (Å²) in [5.41, 5.74) is 2.36. The van der Waals surface area contributed by atoms with Crippen molar-refractivity contribution >= 4 is 5.82 Å². The maximum atomic E-state index is 5.22. The molecule has 0 bridgehead atoms. The minimum atomic E-state index is 0.603. The zero-order valence-corrected chi connectivity index (χ0v) is 13.6. The molecule has 0 aliphatic carbocycles. The van der Waals surface area contributed by atoms with Gasteiger partial charge < -0.3 is 15.0 Å². The van der Waals surface area contributed by atoms with Gasteiger partial charge in [0.25, 0.3) is 0 Å². The normalized spacial score (nSPS) is 11.1. The van der Waals surface area contributed by atoms with Crippen molar-refractivity contribution < 1.29 is 4.74 Å². The summed E-state index contributed by atoms with van der Waals surface area (Å²) in [4.78, 5) is 7.01. The minimum Gasteiger partial charge on any atom is -0.383 e. The highest BCUT2D eigenvalue weighted by Gasteiger charge is 2.11. The zero-order chi connectivity index (χ0) is 15.0. The van der Waals surface area contributed by atoms with E-state index in [-0.39, 0.29) is 0 Å². The Balaban J connectivity index is 2.89. The zero-order valence-electron chi connectivity index (χ0n) is 13.6. The van der Waals surface area contributed by atoms with Crippen molar-refractivity contribution in [3.63, 3.8) is 0 Å². The molecule has 0 radical (unpaired) electrons. The van der Waals surface area contributed by atoms with Gasteiger partial charge in [-0.2, -0.15) is 0 Å². The molecule has 0 unspecified atom stereocenters. The Hall–Kier alpha value is -1.13. The Kier molecular flexibility index (Phi) is 7.55. The summed E-state index contributed by atoms with van der Waals surface area (Å²) < 4.78 is 5.22. The van der Waals surface area contributed by atoms with Crippen LogP contribution in [-0.4, -0.2) is 38.3 Å². The lowest BCUT2D eigenvalue weighted by atomic mass is 10.2. The van der Waals surface area contributed by atoms with Gasteiger partial charge in [0.1, 0.15) is 5.82 Å². The van der Waals surface area contributed by atoms with Gasteiger partial charge >= 0.3 is 0 Å². The molecule has 0 fully saturated rings. The predicted molar refractivity (Wildman–Crippen MR) is 85.3 cm³/mol. The van der Waals surface area contributed by atoms with E-state index < -0.39 is 0 Å². The molecule has 0 spiro atoms. The van der Waals surface area contributed by atoms with Crippen molar-refractivity contribution in [2.45, 2.75) is 34.2 Å². The van der Waals surface area contributed by atoms with Crippen LogP contribution in [-0.2, 0) is 11.3 Å². The third-order valence-electron chi connectivity index (χ3n) is 3.05. The predicted octanol–water partition coefficient (Wildman–Crippen LogP) is 2.61. The number of aromatic nitrogens is 1. The number of aryl methyl sites for hydroxylation is 1. The number of pyridine rings is 1. The first-order valence-electron chi connectivity index (χ1n) is 7.49. The Bertz CT molecular complexity index is 393. The van der Waals surface area contributed by atoms with Gasteiger partial charge in [-0.25, -0.2) is 4.98 Å². The van der Waals surface area contributed by atoms with Crippen LogP contribution in [0.4, 0.5) is 5.82 Å². The number of ether oxygens (including phenoxy) is 1. The maximum absolute atomic E-state index is 5.22. The van der Waals surface area contributed by atoms with Gasteiger partial charge in [0.15, 0.2) is 0 Å². The third-order valence-corrected chi connectivity index (χ3v) is 3.05. The lowest BCUT2D eigenvalue weighted by Crippen LogP contribution is -2.32. The molecule has 0 aliphatic rings. The Morgan fingerprint density at radius 3 is 2.70 bits per heavy atom. The molecule has 0 saturated heterocycles. The quantitative estimate of drug-likeness (QED) is 0.754. The highest BCUT2D eigenvalue weighted by atomic mass is 16.5. The molecule has 0 aromatic carbocycles. The Morgan fingerprint density at radius 1 is 1.35 bits per heavy atom. The van der Waals surface area contributed by atoms with Crippen molar-refractivity contribution in [3.8, 4) is 0 Å². The number of hydrogen-bond acceptors (Lipinski definition) is 4. The van der Waals surface area contributed by atoms with Crippen molar-refractivity contribution in [2.75, 3.05) is 38.3 Å². The fraction of sp³-hybridized carbons (Fsp3) is 0.688. The molecule has 4 heteroatoms. The smallest absolute Gasteiger partial charge is 0.129 e. The van der Waals surface area contributed by atoms with E-state index >= 15 is 0 Å². The molecular formula is C16H29N3O. The number of nitrogens with one attached hydrogen (secondary N) is 1. The first kappa shape index (κ1) is 16.9. The molecular weight excluding hydrogens is 250 g/mol. The van der Waals surface area contributed by atoms with Gasteiger partial charge in [0.05, 0.1) is 6.61 Å².